The van der Waals surface area contributed by atoms with Crippen LogP contribution in [-0.4, -0.2) is 15.9 Å². The summed E-state index contributed by atoms with van der Waals surface area (Å²) < 4.78 is 2.20. The first-order chi connectivity index (χ1) is 6.24. The van der Waals surface area contributed by atoms with Crippen LogP contribution in [0.1, 0.15) is 16.3 Å². The second-order valence-electron chi connectivity index (χ2n) is 3.15. The fourth-order valence-electron chi connectivity index (χ4n) is 1.49. The Bertz CT molecular complexity index is 427. The van der Waals surface area contributed by atoms with Gasteiger partial charge in [0.05, 0.1) is 6.20 Å². The van der Waals surface area contributed by atoms with Crippen LogP contribution in [0.4, 0.5) is 0 Å². The predicted molar refractivity (Wildman–Crippen MR) is 55.3 cm³/mol. The number of hydrogen-bond donors (Lipinski definition) is 1. The molecule has 70 valence electrons. The molecule has 2 heterocycles. The zero-order valence-electron chi connectivity index (χ0n) is 7.87. The fourth-order valence-corrected chi connectivity index (χ4v) is 2.46. The molecule has 0 fully saturated rings. The first-order valence-corrected chi connectivity index (χ1v) is 5.18. The summed E-state index contributed by atoms with van der Waals surface area (Å²) in [6.45, 7) is 4.93. The lowest BCUT2D eigenvalue weighted by Gasteiger charge is -1.98. The molecule has 0 amide bonds. The standard InChI is InChI=1S/C9H13N3S/c1-6-7(2)13-9-11-5-8(3-4-10)12(6)9/h5H,3-4,10H2,1-2H3. The molecule has 0 aliphatic carbocycles. The molecule has 0 unspecified atom stereocenters. The molecule has 2 aromatic heterocycles. The maximum Gasteiger partial charge on any atom is 0.194 e. The highest BCUT2D eigenvalue weighted by Gasteiger charge is 2.09. The minimum absolute atomic E-state index is 0.683. The van der Waals surface area contributed by atoms with Crippen molar-refractivity contribution in [2.24, 2.45) is 5.73 Å². The van der Waals surface area contributed by atoms with E-state index in [9.17, 15) is 0 Å². The van der Waals surface area contributed by atoms with Crippen molar-refractivity contribution in [2.45, 2.75) is 20.3 Å². The first-order valence-electron chi connectivity index (χ1n) is 4.36. The minimum Gasteiger partial charge on any atom is -0.330 e. The van der Waals surface area contributed by atoms with Gasteiger partial charge >= 0.3 is 0 Å². The van der Waals surface area contributed by atoms with E-state index in [1.807, 2.05) is 6.20 Å². The number of rotatable bonds is 2. The number of hydrogen-bond acceptors (Lipinski definition) is 3. The number of fused-ring (bicyclic) bond motifs is 1. The van der Waals surface area contributed by atoms with Crippen molar-refractivity contribution in [3.05, 3.63) is 22.5 Å². The lowest BCUT2D eigenvalue weighted by atomic mass is 10.3. The Morgan fingerprint density at radius 1 is 1.54 bits per heavy atom. The van der Waals surface area contributed by atoms with Crippen LogP contribution in [0.2, 0.25) is 0 Å². The quantitative estimate of drug-likeness (QED) is 0.789. The van der Waals surface area contributed by atoms with E-state index in [0.717, 1.165) is 11.4 Å². The second kappa shape index (κ2) is 3.12. The van der Waals surface area contributed by atoms with Gasteiger partial charge in [-0.3, -0.25) is 4.40 Å². The van der Waals surface area contributed by atoms with Gasteiger partial charge in [-0.05, 0) is 20.4 Å². The van der Waals surface area contributed by atoms with Crippen molar-refractivity contribution in [3.8, 4) is 0 Å². The normalized spacial score (nSPS) is 11.3. The third kappa shape index (κ3) is 1.26. The molecule has 0 aromatic carbocycles. The van der Waals surface area contributed by atoms with E-state index in [-0.39, 0.29) is 0 Å². The van der Waals surface area contributed by atoms with Gasteiger partial charge in [-0.1, -0.05) is 0 Å². The number of imidazole rings is 1. The molecule has 13 heavy (non-hydrogen) atoms. The number of aryl methyl sites for hydroxylation is 2. The zero-order chi connectivity index (χ0) is 9.42. The van der Waals surface area contributed by atoms with Gasteiger partial charge in [-0.25, -0.2) is 4.98 Å². The number of nitrogens with two attached hydrogens (primary N) is 1. The highest BCUT2D eigenvalue weighted by Crippen LogP contribution is 2.22. The van der Waals surface area contributed by atoms with Crippen molar-refractivity contribution in [2.75, 3.05) is 6.54 Å². The smallest absolute Gasteiger partial charge is 0.194 e. The van der Waals surface area contributed by atoms with E-state index in [4.69, 9.17) is 5.73 Å². The number of aromatic nitrogens is 2. The van der Waals surface area contributed by atoms with Gasteiger partial charge in [-0.2, -0.15) is 0 Å². The van der Waals surface area contributed by atoms with E-state index < -0.39 is 0 Å². The summed E-state index contributed by atoms with van der Waals surface area (Å²) in [5.74, 6) is 0. The molecule has 0 radical (unpaired) electrons. The Hall–Kier alpha value is -0.870. The van der Waals surface area contributed by atoms with Gasteiger partial charge in [0.25, 0.3) is 0 Å². The topological polar surface area (TPSA) is 43.3 Å². The molecule has 2 aromatic rings. The maximum absolute atomic E-state index is 5.53. The van der Waals surface area contributed by atoms with E-state index in [2.05, 4.69) is 23.2 Å². The van der Waals surface area contributed by atoms with Gasteiger partial charge in [0, 0.05) is 22.7 Å². The summed E-state index contributed by atoms with van der Waals surface area (Å²) in [4.78, 5) is 6.76. The Balaban J connectivity index is 2.63. The summed E-state index contributed by atoms with van der Waals surface area (Å²) in [7, 11) is 0. The zero-order valence-corrected chi connectivity index (χ0v) is 8.69. The van der Waals surface area contributed by atoms with E-state index in [1.165, 1.54) is 16.3 Å². The highest BCUT2D eigenvalue weighted by molar-refractivity contribution is 7.17. The van der Waals surface area contributed by atoms with Gasteiger partial charge in [0.2, 0.25) is 0 Å². The highest BCUT2D eigenvalue weighted by atomic mass is 32.1. The molecule has 4 heteroatoms. The Kier molecular flexibility index (Phi) is 2.09. The summed E-state index contributed by atoms with van der Waals surface area (Å²) in [5, 5.41) is 0. The van der Waals surface area contributed by atoms with Crippen LogP contribution in [0.3, 0.4) is 0 Å². The van der Waals surface area contributed by atoms with Crippen LogP contribution in [0.5, 0.6) is 0 Å². The molecule has 3 nitrogen and oxygen atoms in total. The van der Waals surface area contributed by atoms with Gasteiger partial charge in [0.1, 0.15) is 0 Å². The summed E-state index contributed by atoms with van der Waals surface area (Å²) in [6, 6.07) is 0. The number of thiazole rings is 1. The third-order valence-electron chi connectivity index (χ3n) is 2.29. The van der Waals surface area contributed by atoms with E-state index in [1.54, 1.807) is 11.3 Å². The SMILES string of the molecule is Cc1sc2ncc(CCN)n2c1C. The van der Waals surface area contributed by atoms with Crippen LogP contribution < -0.4 is 5.73 Å². The Morgan fingerprint density at radius 3 is 3.00 bits per heavy atom. The molecule has 0 aliphatic heterocycles. The summed E-state index contributed by atoms with van der Waals surface area (Å²) in [5.41, 5.74) is 8.04. The van der Waals surface area contributed by atoms with Gasteiger partial charge < -0.3 is 5.73 Å². The van der Waals surface area contributed by atoms with Crippen molar-refractivity contribution in [1.29, 1.82) is 0 Å². The van der Waals surface area contributed by atoms with E-state index in [0.29, 0.717) is 6.54 Å². The molecule has 0 spiro atoms. The molecule has 0 bridgehead atoms. The van der Waals surface area contributed by atoms with Crippen molar-refractivity contribution >= 4 is 16.3 Å². The molecule has 0 atom stereocenters. The fraction of sp³-hybridized carbons (Fsp3) is 0.444. The van der Waals surface area contributed by atoms with Gasteiger partial charge in [-0.15, -0.1) is 11.3 Å². The van der Waals surface area contributed by atoms with Crippen LogP contribution in [-0.2, 0) is 6.42 Å². The van der Waals surface area contributed by atoms with Crippen molar-refractivity contribution < 1.29 is 0 Å². The lowest BCUT2D eigenvalue weighted by molar-refractivity contribution is 0.893. The minimum atomic E-state index is 0.683. The van der Waals surface area contributed by atoms with Crippen molar-refractivity contribution in [3.63, 3.8) is 0 Å². The largest absolute Gasteiger partial charge is 0.330 e. The predicted octanol–water partition coefficient (Wildman–Crippen LogP) is 1.51. The molecule has 2 rings (SSSR count). The average Bonchev–Trinajstić information content (AvgIpc) is 2.58. The summed E-state index contributed by atoms with van der Waals surface area (Å²) in [6.07, 6.45) is 2.82. The molecular weight excluding hydrogens is 182 g/mol. The second-order valence-corrected chi connectivity index (χ2v) is 4.33. The van der Waals surface area contributed by atoms with Crippen LogP contribution >= 0.6 is 11.3 Å². The maximum atomic E-state index is 5.53. The third-order valence-corrected chi connectivity index (χ3v) is 3.36. The van der Waals surface area contributed by atoms with E-state index >= 15 is 0 Å². The van der Waals surface area contributed by atoms with Crippen molar-refractivity contribution in [1.82, 2.24) is 9.38 Å². The monoisotopic (exact) mass is 195 g/mol. The Labute approximate surface area is 81.2 Å². The van der Waals surface area contributed by atoms with Crippen LogP contribution in [0.15, 0.2) is 6.20 Å². The van der Waals surface area contributed by atoms with Crippen LogP contribution in [0, 0.1) is 13.8 Å². The molecular formula is C9H13N3S. The molecule has 2 N–H and O–H groups in total. The molecule has 0 saturated heterocycles. The molecule has 0 saturated carbocycles. The average molecular weight is 195 g/mol. The number of nitrogens with zero attached hydrogens (tertiary/aromatic N) is 2. The van der Waals surface area contributed by atoms with Crippen LogP contribution in [0.25, 0.3) is 4.96 Å². The summed E-state index contributed by atoms with van der Waals surface area (Å²) >= 11 is 1.74. The lowest BCUT2D eigenvalue weighted by Crippen LogP contribution is -2.05. The Morgan fingerprint density at radius 2 is 2.31 bits per heavy atom. The van der Waals surface area contributed by atoms with Gasteiger partial charge in [0.15, 0.2) is 4.96 Å². The molecule has 0 aliphatic rings. The first kappa shape index (κ1) is 8.72.